The van der Waals surface area contributed by atoms with Crippen LogP contribution < -0.4 is 0 Å². The summed E-state index contributed by atoms with van der Waals surface area (Å²) in [4.78, 5) is 29.6. The molecule has 134 valence electrons. The van der Waals surface area contributed by atoms with E-state index in [4.69, 9.17) is 4.74 Å². The molecule has 1 N–H and O–H groups in total. The molecule has 2 rings (SSSR count). The molecule has 1 heterocycles. The monoisotopic (exact) mass is 346 g/mol. The Balaban J connectivity index is 2.29. The predicted molar refractivity (Wildman–Crippen MR) is 93.0 cm³/mol. The summed E-state index contributed by atoms with van der Waals surface area (Å²) in [5.41, 5.74) is 2.63. The molecular formula is C19H23FN2O3. The number of nitrogens with one attached hydrogen (secondary N) is 1. The second-order valence-electron chi connectivity index (χ2n) is 5.79. The first-order chi connectivity index (χ1) is 11.9. The highest BCUT2D eigenvalue weighted by atomic mass is 19.1. The lowest BCUT2D eigenvalue weighted by molar-refractivity contribution is 0.0525. The lowest BCUT2D eigenvalue weighted by Crippen LogP contribution is -2.31. The minimum atomic E-state index is -0.444. The number of rotatable bonds is 6. The number of nitrogens with zero attached hydrogens (tertiary/aromatic N) is 1. The molecule has 25 heavy (non-hydrogen) atoms. The molecule has 0 aliphatic rings. The number of benzene rings is 1. The molecule has 0 radical (unpaired) electrons. The van der Waals surface area contributed by atoms with Crippen LogP contribution in [0.5, 0.6) is 0 Å². The first-order valence-corrected chi connectivity index (χ1v) is 8.29. The molecule has 0 unspecified atom stereocenters. The van der Waals surface area contributed by atoms with Crippen LogP contribution in [-0.4, -0.2) is 34.9 Å². The quantitative estimate of drug-likeness (QED) is 0.813. The number of esters is 1. The highest BCUT2D eigenvalue weighted by molar-refractivity contribution is 6.00. The highest BCUT2D eigenvalue weighted by Crippen LogP contribution is 2.21. The maximum absolute atomic E-state index is 13.4. The normalized spacial score (nSPS) is 10.6. The van der Waals surface area contributed by atoms with Crippen molar-refractivity contribution in [2.24, 2.45) is 0 Å². The Bertz CT molecular complexity index is 783. The van der Waals surface area contributed by atoms with E-state index in [2.05, 4.69) is 4.98 Å². The number of amides is 1. The molecule has 0 spiro atoms. The summed E-state index contributed by atoms with van der Waals surface area (Å²) in [6, 6.07) is 6.17. The van der Waals surface area contributed by atoms with E-state index in [1.807, 2.05) is 6.92 Å². The molecule has 0 saturated heterocycles. The minimum absolute atomic E-state index is 0.233. The van der Waals surface area contributed by atoms with Crippen LogP contribution in [0.4, 0.5) is 4.39 Å². The SMILES string of the molecule is CCOC(=O)c1c(C)[nH]c(C(=O)N(CC)Cc2cccc(F)c2)c1C. The largest absolute Gasteiger partial charge is 0.462 e. The second-order valence-corrected chi connectivity index (χ2v) is 5.79. The number of hydrogen-bond acceptors (Lipinski definition) is 3. The molecule has 0 aliphatic heterocycles. The van der Waals surface area contributed by atoms with E-state index in [0.717, 1.165) is 0 Å². The number of halogens is 1. The van der Waals surface area contributed by atoms with Crippen molar-refractivity contribution in [1.29, 1.82) is 0 Å². The lowest BCUT2D eigenvalue weighted by atomic mass is 10.1. The highest BCUT2D eigenvalue weighted by Gasteiger charge is 2.25. The third-order valence-electron chi connectivity index (χ3n) is 4.06. The predicted octanol–water partition coefficient (Wildman–Crippen LogP) is 3.61. The number of aromatic nitrogens is 1. The summed E-state index contributed by atoms with van der Waals surface area (Å²) in [6.45, 7) is 8.07. The van der Waals surface area contributed by atoms with Crippen molar-refractivity contribution < 1.29 is 18.7 Å². The molecule has 2 aromatic rings. The van der Waals surface area contributed by atoms with E-state index >= 15 is 0 Å². The average Bonchev–Trinajstić information content (AvgIpc) is 2.87. The summed E-state index contributed by atoms with van der Waals surface area (Å²) in [6.07, 6.45) is 0. The van der Waals surface area contributed by atoms with Crippen LogP contribution >= 0.6 is 0 Å². The van der Waals surface area contributed by atoms with Crippen LogP contribution in [0.25, 0.3) is 0 Å². The van der Waals surface area contributed by atoms with Gasteiger partial charge >= 0.3 is 5.97 Å². The third-order valence-corrected chi connectivity index (χ3v) is 4.06. The zero-order valence-corrected chi connectivity index (χ0v) is 15.0. The van der Waals surface area contributed by atoms with Gasteiger partial charge in [0.2, 0.25) is 0 Å². The van der Waals surface area contributed by atoms with Gasteiger partial charge in [0.1, 0.15) is 11.5 Å². The number of carbonyl (C=O) groups is 2. The van der Waals surface area contributed by atoms with Gasteiger partial charge in [0, 0.05) is 18.8 Å². The van der Waals surface area contributed by atoms with Gasteiger partial charge in [-0.15, -0.1) is 0 Å². The van der Waals surface area contributed by atoms with E-state index in [1.54, 1.807) is 37.8 Å². The Labute approximate surface area is 146 Å². The van der Waals surface area contributed by atoms with Crippen LogP contribution in [0.3, 0.4) is 0 Å². The Kier molecular flexibility index (Phi) is 5.96. The molecule has 1 aromatic heterocycles. The van der Waals surface area contributed by atoms with Gasteiger partial charge in [-0.1, -0.05) is 12.1 Å². The van der Waals surface area contributed by atoms with E-state index in [-0.39, 0.29) is 18.3 Å². The van der Waals surface area contributed by atoms with Crippen LogP contribution in [0, 0.1) is 19.7 Å². The van der Waals surface area contributed by atoms with Crippen molar-refractivity contribution in [3.05, 3.63) is 58.2 Å². The first-order valence-electron chi connectivity index (χ1n) is 8.29. The van der Waals surface area contributed by atoms with Gasteiger partial charge in [-0.05, 0) is 51.0 Å². The zero-order valence-electron chi connectivity index (χ0n) is 15.0. The molecule has 5 nitrogen and oxygen atoms in total. The van der Waals surface area contributed by atoms with Crippen LogP contribution in [0.2, 0.25) is 0 Å². The molecule has 1 amide bonds. The molecule has 0 saturated carbocycles. The van der Waals surface area contributed by atoms with Gasteiger partial charge in [-0.3, -0.25) is 4.79 Å². The zero-order chi connectivity index (χ0) is 18.6. The van der Waals surface area contributed by atoms with Gasteiger partial charge in [-0.2, -0.15) is 0 Å². The number of carbonyl (C=O) groups excluding carboxylic acids is 2. The smallest absolute Gasteiger partial charge is 0.340 e. The number of aromatic amines is 1. The fraction of sp³-hybridized carbons (Fsp3) is 0.368. The van der Waals surface area contributed by atoms with Crippen LogP contribution in [0.15, 0.2) is 24.3 Å². The summed E-state index contributed by atoms with van der Waals surface area (Å²) < 4.78 is 18.4. The van der Waals surface area contributed by atoms with Gasteiger partial charge in [0.05, 0.1) is 12.2 Å². The summed E-state index contributed by atoms with van der Waals surface area (Å²) in [7, 11) is 0. The first kappa shape index (κ1) is 18.7. The van der Waals surface area contributed by atoms with E-state index < -0.39 is 5.97 Å². The molecule has 0 fully saturated rings. The maximum atomic E-state index is 13.4. The summed E-state index contributed by atoms with van der Waals surface area (Å²) >= 11 is 0. The van der Waals surface area contributed by atoms with Gasteiger partial charge < -0.3 is 14.6 Å². The number of aryl methyl sites for hydroxylation is 1. The van der Waals surface area contributed by atoms with E-state index in [1.165, 1.54) is 12.1 Å². The molecule has 0 aliphatic carbocycles. The van der Waals surface area contributed by atoms with Crippen molar-refractivity contribution in [1.82, 2.24) is 9.88 Å². The van der Waals surface area contributed by atoms with Gasteiger partial charge in [0.15, 0.2) is 0 Å². The van der Waals surface area contributed by atoms with Crippen molar-refractivity contribution in [3.8, 4) is 0 Å². The Morgan fingerprint density at radius 2 is 1.96 bits per heavy atom. The Morgan fingerprint density at radius 1 is 1.24 bits per heavy atom. The Morgan fingerprint density at radius 3 is 2.56 bits per heavy atom. The van der Waals surface area contributed by atoms with Crippen LogP contribution in [-0.2, 0) is 11.3 Å². The topological polar surface area (TPSA) is 62.4 Å². The van der Waals surface area contributed by atoms with E-state index in [0.29, 0.717) is 41.2 Å². The number of ether oxygens (including phenoxy) is 1. The molecule has 0 bridgehead atoms. The summed E-state index contributed by atoms with van der Waals surface area (Å²) in [5, 5.41) is 0. The number of hydrogen-bond donors (Lipinski definition) is 1. The fourth-order valence-corrected chi connectivity index (χ4v) is 2.81. The van der Waals surface area contributed by atoms with Crippen molar-refractivity contribution in [2.45, 2.75) is 34.2 Å². The van der Waals surface area contributed by atoms with Crippen molar-refractivity contribution in [2.75, 3.05) is 13.2 Å². The molecule has 0 atom stereocenters. The Hall–Kier alpha value is -2.63. The fourth-order valence-electron chi connectivity index (χ4n) is 2.81. The molecular weight excluding hydrogens is 323 g/mol. The van der Waals surface area contributed by atoms with E-state index in [9.17, 15) is 14.0 Å². The molecule has 6 heteroatoms. The van der Waals surface area contributed by atoms with Crippen molar-refractivity contribution >= 4 is 11.9 Å². The third kappa shape index (κ3) is 4.07. The second kappa shape index (κ2) is 7.96. The van der Waals surface area contributed by atoms with Gasteiger partial charge in [0.25, 0.3) is 5.91 Å². The lowest BCUT2D eigenvalue weighted by Gasteiger charge is -2.21. The molecule has 1 aromatic carbocycles. The summed E-state index contributed by atoms with van der Waals surface area (Å²) in [5.74, 6) is -1.01. The van der Waals surface area contributed by atoms with Crippen molar-refractivity contribution in [3.63, 3.8) is 0 Å². The van der Waals surface area contributed by atoms with Crippen LogP contribution in [0.1, 0.15) is 51.5 Å². The number of H-pyrrole nitrogens is 1. The van der Waals surface area contributed by atoms with Gasteiger partial charge in [-0.25, -0.2) is 9.18 Å². The minimum Gasteiger partial charge on any atom is -0.462 e. The average molecular weight is 346 g/mol. The maximum Gasteiger partial charge on any atom is 0.340 e. The standard InChI is InChI=1S/C19H23FN2O3/c1-5-22(11-14-8-7-9-15(20)10-14)18(23)17-12(3)16(13(4)21-17)19(24)25-6-2/h7-10,21H,5-6,11H2,1-4H3.